The van der Waals surface area contributed by atoms with Gasteiger partial charge in [-0.15, -0.1) is 0 Å². The number of hydrogen-bond donors (Lipinski definition) is 1. The molecule has 4 rings (SSSR count). The first-order valence-corrected chi connectivity index (χ1v) is 12.8. The fourth-order valence-electron chi connectivity index (χ4n) is 3.44. The van der Waals surface area contributed by atoms with Gasteiger partial charge in [0, 0.05) is 4.47 Å². The number of carbonyl (C=O) groups excluding carboxylic acids is 1. The second kappa shape index (κ2) is 10.6. The number of nitrogens with zero attached hydrogens (tertiary/aromatic N) is 3. The van der Waals surface area contributed by atoms with Crippen molar-refractivity contribution in [2.24, 2.45) is 5.10 Å². The molecule has 1 aromatic heterocycles. The molecular formula is C27H25BrN4O2S. The summed E-state index contributed by atoms with van der Waals surface area (Å²) >= 11 is 4.61. The van der Waals surface area contributed by atoms with Crippen LogP contribution in [0.5, 0.6) is 0 Å². The van der Waals surface area contributed by atoms with Crippen molar-refractivity contribution >= 4 is 50.7 Å². The van der Waals surface area contributed by atoms with Gasteiger partial charge in [-0.3, -0.25) is 14.2 Å². The highest BCUT2D eigenvalue weighted by molar-refractivity contribution is 9.10. The minimum atomic E-state index is -0.290. The maximum absolute atomic E-state index is 13.3. The predicted molar refractivity (Wildman–Crippen MR) is 147 cm³/mol. The second-order valence-corrected chi connectivity index (χ2v) is 10.8. The van der Waals surface area contributed by atoms with E-state index in [1.165, 1.54) is 21.9 Å². The van der Waals surface area contributed by atoms with Gasteiger partial charge in [0.25, 0.3) is 11.5 Å². The first-order valence-electron chi connectivity index (χ1n) is 11.1. The van der Waals surface area contributed by atoms with E-state index in [1.807, 2.05) is 48.5 Å². The summed E-state index contributed by atoms with van der Waals surface area (Å²) in [5.74, 6) is -0.232. The lowest BCUT2D eigenvalue weighted by atomic mass is 9.87. The first kappa shape index (κ1) is 24.9. The van der Waals surface area contributed by atoms with Gasteiger partial charge in [0.2, 0.25) is 0 Å². The largest absolute Gasteiger partial charge is 0.272 e. The van der Waals surface area contributed by atoms with E-state index >= 15 is 0 Å². The Morgan fingerprint density at radius 1 is 1.06 bits per heavy atom. The highest BCUT2D eigenvalue weighted by Crippen LogP contribution is 2.23. The molecule has 0 bridgehead atoms. The molecule has 8 heteroatoms. The predicted octanol–water partition coefficient (Wildman–Crippen LogP) is 5.69. The smallest absolute Gasteiger partial charge is 0.266 e. The van der Waals surface area contributed by atoms with E-state index in [2.05, 4.69) is 64.3 Å². The van der Waals surface area contributed by atoms with Crippen LogP contribution in [0.15, 0.2) is 92.3 Å². The van der Waals surface area contributed by atoms with Crippen LogP contribution >= 0.6 is 27.7 Å². The monoisotopic (exact) mass is 548 g/mol. The van der Waals surface area contributed by atoms with Gasteiger partial charge in [-0.1, -0.05) is 84.9 Å². The number of benzene rings is 3. The Hall–Kier alpha value is -3.23. The average Bonchev–Trinajstić information content (AvgIpc) is 2.83. The highest BCUT2D eigenvalue weighted by Gasteiger charge is 2.15. The number of fused-ring (bicyclic) bond motifs is 1. The van der Waals surface area contributed by atoms with Crippen molar-refractivity contribution in [1.82, 2.24) is 15.0 Å². The lowest BCUT2D eigenvalue weighted by molar-refractivity contribution is -0.118. The quantitative estimate of drug-likeness (QED) is 0.145. The minimum absolute atomic E-state index is 0.0572. The lowest BCUT2D eigenvalue weighted by Gasteiger charge is -2.18. The van der Waals surface area contributed by atoms with Crippen LogP contribution in [0.4, 0.5) is 0 Å². The maximum atomic E-state index is 13.3. The summed E-state index contributed by atoms with van der Waals surface area (Å²) in [6, 6.07) is 22.7. The molecule has 3 aromatic carbocycles. The number of rotatable bonds is 6. The molecule has 1 N–H and O–H groups in total. The SMILES string of the molecule is CC(C)(C)c1ccc(/C=N/NC(=O)CSc2nc3ccccc3c(=O)n2-c2ccc(Br)cc2)cc1. The number of halogens is 1. The summed E-state index contributed by atoms with van der Waals surface area (Å²) in [7, 11) is 0. The third kappa shape index (κ3) is 6.07. The molecule has 0 radical (unpaired) electrons. The summed E-state index contributed by atoms with van der Waals surface area (Å²) in [4.78, 5) is 30.4. The normalized spacial score (nSPS) is 11.8. The lowest BCUT2D eigenvalue weighted by Crippen LogP contribution is -2.24. The van der Waals surface area contributed by atoms with Gasteiger partial charge in [0.15, 0.2) is 5.16 Å². The van der Waals surface area contributed by atoms with Crippen molar-refractivity contribution in [3.8, 4) is 5.69 Å². The Labute approximate surface area is 216 Å². The van der Waals surface area contributed by atoms with Gasteiger partial charge in [-0.05, 0) is 52.9 Å². The van der Waals surface area contributed by atoms with Crippen molar-refractivity contribution in [1.29, 1.82) is 0 Å². The molecule has 0 unspecified atom stereocenters. The Morgan fingerprint density at radius 3 is 2.43 bits per heavy atom. The Bertz CT molecular complexity index is 1440. The highest BCUT2D eigenvalue weighted by atomic mass is 79.9. The molecule has 0 fully saturated rings. The van der Waals surface area contributed by atoms with E-state index in [-0.39, 0.29) is 22.6 Å². The number of hydrogen-bond acceptors (Lipinski definition) is 5. The van der Waals surface area contributed by atoms with Crippen LogP contribution in [0.2, 0.25) is 0 Å². The third-order valence-electron chi connectivity index (χ3n) is 5.34. The molecule has 0 aliphatic heterocycles. The van der Waals surface area contributed by atoms with Crippen LogP contribution in [0.1, 0.15) is 31.9 Å². The standard InChI is InChI=1S/C27H25BrN4O2S/c1-27(2,3)19-10-8-18(9-11-19)16-29-31-24(33)17-35-26-30-23-7-5-4-6-22(23)25(34)32(26)21-14-12-20(28)13-15-21/h4-16H,17H2,1-3H3,(H,31,33)/b29-16+. The van der Waals surface area contributed by atoms with Crippen LogP contribution in [0.3, 0.4) is 0 Å². The Morgan fingerprint density at radius 2 is 1.74 bits per heavy atom. The molecule has 1 amide bonds. The average molecular weight is 549 g/mol. The molecule has 35 heavy (non-hydrogen) atoms. The van der Waals surface area contributed by atoms with Gasteiger partial charge in [0.1, 0.15) is 0 Å². The van der Waals surface area contributed by atoms with Gasteiger partial charge >= 0.3 is 0 Å². The number of thioether (sulfide) groups is 1. The van der Waals surface area contributed by atoms with Crippen LogP contribution in [-0.4, -0.2) is 27.4 Å². The molecule has 0 aliphatic rings. The van der Waals surface area contributed by atoms with Gasteiger partial charge < -0.3 is 0 Å². The summed E-state index contributed by atoms with van der Waals surface area (Å²) in [5.41, 5.74) is 5.84. The number of carbonyl (C=O) groups is 1. The zero-order chi connectivity index (χ0) is 25.0. The zero-order valence-corrected chi connectivity index (χ0v) is 22.1. The van der Waals surface area contributed by atoms with E-state index in [9.17, 15) is 9.59 Å². The van der Waals surface area contributed by atoms with Crippen molar-refractivity contribution < 1.29 is 4.79 Å². The topological polar surface area (TPSA) is 76.3 Å². The fraction of sp³-hybridized carbons (Fsp3) is 0.185. The summed E-state index contributed by atoms with van der Waals surface area (Å²) in [6.07, 6.45) is 1.61. The van der Waals surface area contributed by atoms with Gasteiger partial charge in [-0.2, -0.15) is 5.10 Å². The summed E-state index contributed by atoms with van der Waals surface area (Å²) in [5, 5.41) is 5.03. The van der Waals surface area contributed by atoms with E-state index in [0.29, 0.717) is 21.7 Å². The number of aromatic nitrogens is 2. The molecule has 4 aromatic rings. The number of amides is 1. The van der Waals surface area contributed by atoms with Gasteiger partial charge in [0.05, 0.1) is 28.6 Å². The molecule has 0 aliphatic carbocycles. The molecule has 1 heterocycles. The molecule has 0 spiro atoms. The number of hydrazone groups is 1. The van der Waals surface area contributed by atoms with E-state index < -0.39 is 0 Å². The summed E-state index contributed by atoms with van der Waals surface area (Å²) in [6.45, 7) is 6.48. The summed E-state index contributed by atoms with van der Waals surface area (Å²) < 4.78 is 2.44. The molecule has 178 valence electrons. The van der Waals surface area contributed by atoms with Crippen molar-refractivity contribution in [2.45, 2.75) is 31.3 Å². The van der Waals surface area contributed by atoms with Crippen LogP contribution < -0.4 is 11.0 Å². The molecule has 0 saturated heterocycles. The number of nitrogens with one attached hydrogen (secondary N) is 1. The first-order chi connectivity index (χ1) is 16.7. The van der Waals surface area contributed by atoms with Crippen molar-refractivity contribution in [2.75, 3.05) is 5.75 Å². The van der Waals surface area contributed by atoms with E-state index in [1.54, 1.807) is 18.3 Å². The van der Waals surface area contributed by atoms with Crippen LogP contribution in [0, 0.1) is 0 Å². The maximum Gasteiger partial charge on any atom is 0.266 e. The Balaban J connectivity index is 1.50. The molecule has 0 atom stereocenters. The number of para-hydroxylation sites is 1. The third-order valence-corrected chi connectivity index (χ3v) is 6.81. The Kier molecular flexibility index (Phi) is 7.52. The van der Waals surface area contributed by atoms with Crippen LogP contribution in [-0.2, 0) is 10.2 Å². The molecular weight excluding hydrogens is 524 g/mol. The fourth-order valence-corrected chi connectivity index (χ4v) is 4.51. The van der Waals surface area contributed by atoms with Crippen molar-refractivity contribution in [3.05, 3.63) is 98.7 Å². The van der Waals surface area contributed by atoms with E-state index in [0.717, 1.165) is 10.0 Å². The van der Waals surface area contributed by atoms with E-state index in [4.69, 9.17) is 0 Å². The zero-order valence-electron chi connectivity index (χ0n) is 19.7. The minimum Gasteiger partial charge on any atom is -0.272 e. The van der Waals surface area contributed by atoms with Crippen molar-refractivity contribution in [3.63, 3.8) is 0 Å². The van der Waals surface area contributed by atoms with Crippen LogP contribution in [0.25, 0.3) is 16.6 Å². The second-order valence-electron chi connectivity index (χ2n) is 8.98. The van der Waals surface area contributed by atoms with Gasteiger partial charge in [-0.25, -0.2) is 10.4 Å². The molecule has 0 saturated carbocycles. The molecule has 6 nitrogen and oxygen atoms in total.